The topological polar surface area (TPSA) is 58.6 Å². The van der Waals surface area contributed by atoms with Crippen LogP contribution in [0.3, 0.4) is 0 Å². The van der Waals surface area contributed by atoms with Gasteiger partial charge in [0, 0.05) is 5.57 Å². The largest absolute Gasteiger partial charge is 0.508 e. The lowest BCUT2D eigenvalue weighted by atomic mass is 10.2. The van der Waals surface area contributed by atoms with Crippen LogP contribution < -0.4 is 5.84 Å². The van der Waals surface area contributed by atoms with Crippen molar-refractivity contribution in [3.63, 3.8) is 0 Å². The molecule has 3 N–H and O–H groups in total. The Balaban J connectivity index is 4.41. The number of rotatable bonds is 3. The quantitative estimate of drug-likeness (QED) is 0.202. The van der Waals surface area contributed by atoms with E-state index in [2.05, 4.69) is 18.3 Å². The molecule has 0 radical (unpaired) electrons. The van der Waals surface area contributed by atoms with Crippen molar-refractivity contribution in [2.45, 2.75) is 0 Å². The van der Waals surface area contributed by atoms with Gasteiger partial charge in [0.2, 0.25) is 0 Å². The van der Waals surface area contributed by atoms with Crippen LogP contribution in [0.2, 0.25) is 0 Å². The molecule has 0 atom stereocenters. The van der Waals surface area contributed by atoms with Gasteiger partial charge in [-0.1, -0.05) is 25.3 Å². The van der Waals surface area contributed by atoms with Crippen molar-refractivity contribution in [3.8, 4) is 0 Å². The van der Waals surface area contributed by atoms with E-state index in [4.69, 9.17) is 10.9 Å². The van der Waals surface area contributed by atoms with Crippen molar-refractivity contribution in [2.24, 2.45) is 10.9 Å². The van der Waals surface area contributed by atoms with Gasteiger partial charge < -0.3 is 10.9 Å². The van der Waals surface area contributed by atoms with Gasteiger partial charge in [0.1, 0.15) is 5.76 Å². The van der Waals surface area contributed by atoms with Crippen molar-refractivity contribution >= 4 is 6.21 Å². The van der Waals surface area contributed by atoms with Gasteiger partial charge in [-0.3, -0.25) is 0 Å². The number of hydrazone groups is 1. The lowest BCUT2D eigenvalue weighted by molar-refractivity contribution is 0.431. The first-order chi connectivity index (χ1) is 4.72. The molecule has 3 nitrogen and oxygen atoms in total. The van der Waals surface area contributed by atoms with Crippen LogP contribution in [0.25, 0.3) is 0 Å². The molecular formula is C7H10N2O. The zero-order valence-electron chi connectivity index (χ0n) is 5.62. The molecule has 0 aromatic carbocycles. The predicted molar refractivity (Wildman–Crippen MR) is 42.7 cm³/mol. The van der Waals surface area contributed by atoms with E-state index in [1.807, 2.05) is 0 Å². The van der Waals surface area contributed by atoms with Gasteiger partial charge in [0.25, 0.3) is 0 Å². The number of nitrogens with two attached hydrogens (primary N) is 1. The first-order valence-electron chi connectivity index (χ1n) is 2.66. The molecule has 0 heterocycles. The van der Waals surface area contributed by atoms with Crippen molar-refractivity contribution in [1.29, 1.82) is 0 Å². The smallest absolute Gasteiger partial charge is 0.117 e. The van der Waals surface area contributed by atoms with E-state index in [0.29, 0.717) is 5.57 Å². The minimum atomic E-state index is -0.0749. The number of allylic oxidation sites excluding steroid dienone is 3. The normalized spacial score (nSPS) is 11.8. The average Bonchev–Trinajstić information content (AvgIpc) is 1.87. The highest BCUT2D eigenvalue weighted by Gasteiger charge is 1.92. The lowest BCUT2D eigenvalue weighted by Gasteiger charge is -1.93. The standard InChI is InChI=1S/C7H10N2O/c1-3-4-7(5-9-8)6(2)10/h3-5,10H,1-2,8H2/b7-4-,9-5+. The Morgan fingerprint density at radius 2 is 2.20 bits per heavy atom. The molecule has 54 valence electrons. The van der Waals surface area contributed by atoms with Crippen LogP contribution in [0.15, 0.2) is 41.7 Å². The SMILES string of the molecule is C=C/C=C(/C=N/N)C(=C)O. The summed E-state index contributed by atoms with van der Waals surface area (Å²) in [6.07, 6.45) is 4.36. The molecule has 0 aromatic heterocycles. The van der Waals surface area contributed by atoms with Crippen LogP contribution in [0.1, 0.15) is 0 Å². The third-order valence-electron chi connectivity index (χ3n) is 0.844. The number of aliphatic hydroxyl groups excluding tert-OH is 1. The van der Waals surface area contributed by atoms with Crippen LogP contribution in [-0.2, 0) is 0 Å². The van der Waals surface area contributed by atoms with E-state index in [9.17, 15) is 0 Å². The highest BCUT2D eigenvalue weighted by Crippen LogP contribution is 1.99. The first-order valence-corrected chi connectivity index (χ1v) is 2.66. The van der Waals surface area contributed by atoms with E-state index in [1.165, 1.54) is 12.3 Å². The Morgan fingerprint density at radius 3 is 2.50 bits per heavy atom. The second-order valence-corrected chi connectivity index (χ2v) is 1.58. The van der Waals surface area contributed by atoms with Gasteiger partial charge in [0.05, 0.1) is 6.21 Å². The van der Waals surface area contributed by atoms with Crippen molar-refractivity contribution in [2.75, 3.05) is 0 Å². The first kappa shape index (κ1) is 8.49. The summed E-state index contributed by atoms with van der Waals surface area (Å²) in [6, 6.07) is 0. The maximum Gasteiger partial charge on any atom is 0.117 e. The van der Waals surface area contributed by atoms with Gasteiger partial charge in [0.15, 0.2) is 0 Å². The Kier molecular flexibility index (Phi) is 3.72. The molecule has 0 amide bonds. The van der Waals surface area contributed by atoms with Crippen LogP contribution >= 0.6 is 0 Å². The summed E-state index contributed by atoms with van der Waals surface area (Å²) >= 11 is 0. The molecule has 0 aromatic rings. The van der Waals surface area contributed by atoms with Crippen molar-refractivity contribution in [3.05, 3.63) is 36.6 Å². The monoisotopic (exact) mass is 138 g/mol. The van der Waals surface area contributed by atoms with E-state index >= 15 is 0 Å². The van der Waals surface area contributed by atoms with E-state index in [-0.39, 0.29) is 5.76 Å². The second-order valence-electron chi connectivity index (χ2n) is 1.58. The second kappa shape index (κ2) is 4.38. The predicted octanol–water partition coefficient (Wildman–Crippen LogP) is 1.11. The molecule has 0 saturated heterocycles. The Bertz CT molecular complexity index is 192. The molecule has 10 heavy (non-hydrogen) atoms. The minimum Gasteiger partial charge on any atom is -0.508 e. The molecule has 0 aliphatic heterocycles. The van der Waals surface area contributed by atoms with Crippen LogP contribution in [0.5, 0.6) is 0 Å². The molecule has 0 aliphatic rings. The average molecular weight is 138 g/mol. The summed E-state index contributed by atoms with van der Waals surface area (Å²) in [6.45, 7) is 6.72. The maximum atomic E-state index is 8.82. The summed E-state index contributed by atoms with van der Waals surface area (Å²) in [5, 5.41) is 12.0. The number of nitrogens with zero attached hydrogens (tertiary/aromatic N) is 1. The van der Waals surface area contributed by atoms with Crippen molar-refractivity contribution < 1.29 is 5.11 Å². The van der Waals surface area contributed by atoms with Gasteiger partial charge in [-0.2, -0.15) is 5.10 Å². The van der Waals surface area contributed by atoms with Crippen LogP contribution in [0, 0.1) is 0 Å². The number of hydrogen-bond acceptors (Lipinski definition) is 3. The van der Waals surface area contributed by atoms with Crippen molar-refractivity contribution in [1.82, 2.24) is 0 Å². The molecule has 0 saturated carbocycles. The van der Waals surface area contributed by atoms with E-state index in [1.54, 1.807) is 6.08 Å². The number of hydrogen-bond donors (Lipinski definition) is 2. The fourth-order valence-corrected chi connectivity index (χ4v) is 0.421. The summed E-state index contributed by atoms with van der Waals surface area (Å²) in [4.78, 5) is 0. The van der Waals surface area contributed by atoms with E-state index in [0.717, 1.165) is 0 Å². The Morgan fingerprint density at radius 1 is 1.60 bits per heavy atom. The highest BCUT2D eigenvalue weighted by atomic mass is 16.3. The fourth-order valence-electron chi connectivity index (χ4n) is 0.421. The highest BCUT2D eigenvalue weighted by molar-refractivity contribution is 5.83. The van der Waals surface area contributed by atoms with Gasteiger partial charge in [-0.15, -0.1) is 0 Å². The molecule has 0 aliphatic carbocycles. The Hall–Kier alpha value is -1.51. The lowest BCUT2D eigenvalue weighted by Crippen LogP contribution is -1.91. The summed E-state index contributed by atoms with van der Waals surface area (Å²) in [5.41, 5.74) is 0.456. The van der Waals surface area contributed by atoms with Gasteiger partial charge in [-0.25, -0.2) is 0 Å². The third-order valence-corrected chi connectivity index (χ3v) is 0.844. The molecule has 0 spiro atoms. The molecule has 0 fully saturated rings. The summed E-state index contributed by atoms with van der Waals surface area (Å²) in [5.74, 6) is 4.76. The minimum absolute atomic E-state index is 0.0749. The third kappa shape index (κ3) is 2.71. The van der Waals surface area contributed by atoms with Gasteiger partial charge in [-0.05, 0) is 0 Å². The Labute approximate surface area is 59.9 Å². The fraction of sp³-hybridized carbons (Fsp3) is 0. The summed E-state index contributed by atoms with van der Waals surface area (Å²) < 4.78 is 0. The molecule has 0 unspecified atom stereocenters. The molecule has 0 rings (SSSR count). The van der Waals surface area contributed by atoms with Crippen LogP contribution in [-0.4, -0.2) is 11.3 Å². The molecule has 0 bridgehead atoms. The molecule has 3 heteroatoms. The maximum absolute atomic E-state index is 8.82. The number of aliphatic hydroxyl groups is 1. The zero-order valence-corrected chi connectivity index (χ0v) is 5.62. The van der Waals surface area contributed by atoms with Gasteiger partial charge >= 0.3 is 0 Å². The summed E-state index contributed by atoms with van der Waals surface area (Å²) in [7, 11) is 0. The van der Waals surface area contributed by atoms with E-state index < -0.39 is 0 Å². The van der Waals surface area contributed by atoms with Crippen LogP contribution in [0.4, 0.5) is 0 Å². The zero-order chi connectivity index (χ0) is 7.98. The molecular weight excluding hydrogens is 128 g/mol.